The van der Waals surface area contributed by atoms with Gasteiger partial charge in [-0.3, -0.25) is 9.59 Å². The van der Waals surface area contributed by atoms with Gasteiger partial charge in [0.2, 0.25) is 5.91 Å². The van der Waals surface area contributed by atoms with Crippen LogP contribution in [0.4, 0.5) is 0 Å². The molecule has 1 rings (SSSR count). The fourth-order valence-corrected chi connectivity index (χ4v) is 8.71. The largest absolute Gasteiger partial charge is 0.454 e. The number of amides is 1. The minimum Gasteiger partial charge on any atom is -0.454 e. The Labute approximate surface area is 456 Å². The molecule has 11 nitrogen and oxygen atoms in total. The van der Waals surface area contributed by atoms with E-state index in [2.05, 4.69) is 111 Å². The number of rotatable bonds is 49. The van der Waals surface area contributed by atoms with Crippen LogP contribution in [-0.4, -0.2) is 99.6 Å². The Morgan fingerprint density at radius 2 is 0.960 bits per heavy atom. The van der Waals surface area contributed by atoms with Crippen LogP contribution in [0.15, 0.2) is 97.2 Å². The summed E-state index contributed by atoms with van der Waals surface area (Å²) in [4.78, 5) is 26.5. The van der Waals surface area contributed by atoms with Crippen molar-refractivity contribution in [2.45, 2.75) is 282 Å². The van der Waals surface area contributed by atoms with Crippen molar-refractivity contribution in [1.82, 2.24) is 5.32 Å². The van der Waals surface area contributed by atoms with E-state index in [0.717, 1.165) is 116 Å². The second-order valence-electron chi connectivity index (χ2n) is 20.3. The summed E-state index contributed by atoms with van der Waals surface area (Å²) in [7, 11) is 0. The van der Waals surface area contributed by atoms with Crippen molar-refractivity contribution in [3.8, 4) is 0 Å². The van der Waals surface area contributed by atoms with Crippen LogP contribution in [0.3, 0.4) is 0 Å². The standard InChI is InChI=1S/C64H109NO10/c1-4-7-10-13-16-19-22-25-26-27-28-29-30-31-32-34-37-40-43-46-49-52-59(69)75-62-61(71)60(70)58(53-66)74-64(62)73-54-55(56(67)50-47-44-41-38-35-24-21-18-15-12-9-6-3)65-63(72)57(68)51-48-45-42-39-36-33-23-20-17-14-11-8-5-2/h8,11,16-17,19-20,25-26,28-29,31-33,36,47,50,55-58,60-62,64,66-68,70-71H,4-7,9-10,12-15,18,21-24,27,30,34-35,37-46,48-49,51-54H2,1-3H3,(H,65,72)/b11-8+,19-16-,20-17+,26-25-,29-28-,32-31-,36-33+,50-47+. The number of unbranched alkanes of at least 4 members (excludes halogenated alkanes) is 21. The molecule has 1 aliphatic heterocycles. The summed E-state index contributed by atoms with van der Waals surface area (Å²) < 4.78 is 17.6. The van der Waals surface area contributed by atoms with Crippen LogP contribution >= 0.6 is 0 Å². The molecule has 1 saturated heterocycles. The molecule has 1 amide bonds. The second kappa shape index (κ2) is 51.3. The van der Waals surface area contributed by atoms with Crippen molar-refractivity contribution in [1.29, 1.82) is 0 Å². The molecule has 0 aliphatic carbocycles. The van der Waals surface area contributed by atoms with Gasteiger partial charge in [0.1, 0.15) is 24.4 Å². The number of nitrogens with one attached hydrogen (secondary N) is 1. The van der Waals surface area contributed by atoms with Crippen molar-refractivity contribution in [2.75, 3.05) is 13.2 Å². The topological polar surface area (TPSA) is 175 Å². The third-order valence-corrected chi connectivity index (χ3v) is 13.5. The van der Waals surface area contributed by atoms with Gasteiger partial charge in [0.15, 0.2) is 12.4 Å². The van der Waals surface area contributed by atoms with Gasteiger partial charge in [-0.1, -0.05) is 221 Å². The summed E-state index contributed by atoms with van der Waals surface area (Å²) in [5, 5.41) is 56.8. The van der Waals surface area contributed by atoms with Crippen LogP contribution in [0.5, 0.6) is 0 Å². The summed E-state index contributed by atoms with van der Waals surface area (Å²) in [6.45, 7) is 5.60. The van der Waals surface area contributed by atoms with Crippen molar-refractivity contribution in [2.24, 2.45) is 0 Å². The smallest absolute Gasteiger partial charge is 0.306 e. The number of esters is 1. The van der Waals surface area contributed by atoms with Gasteiger partial charge in [-0.15, -0.1) is 0 Å². The first-order chi connectivity index (χ1) is 36.7. The average molecular weight is 1050 g/mol. The highest BCUT2D eigenvalue weighted by molar-refractivity contribution is 5.80. The zero-order chi connectivity index (χ0) is 54.7. The first kappa shape index (κ1) is 69.6. The molecule has 6 N–H and O–H groups in total. The third kappa shape index (κ3) is 39.6. The van der Waals surface area contributed by atoms with Crippen LogP contribution in [-0.2, 0) is 23.8 Å². The molecule has 1 aliphatic rings. The van der Waals surface area contributed by atoms with Gasteiger partial charge in [-0.05, 0) is 103 Å². The molecule has 11 heteroatoms. The van der Waals surface area contributed by atoms with Crippen LogP contribution in [0.25, 0.3) is 0 Å². The number of allylic oxidation sites excluding steroid dienone is 15. The van der Waals surface area contributed by atoms with Gasteiger partial charge >= 0.3 is 5.97 Å². The number of carbonyl (C=O) groups is 2. The Kier molecular flexibility index (Phi) is 47.6. The highest BCUT2D eigenvalue weighted by Gasteiger charge is 2.47. The van der Waals surface area contributed by atoms with Gasteiger partial charge in [-0.25, -0.2) is 0 Å². The zero-order valence-corrected chi connectivity index (χ0v) is 47.4. The lowest BCUT2D eigenvalue weighted by molar-refractivity contribution is -0.305. The Morgan fingerprint density at radius 1 is 0.533 bits per heavy atom. The summed E-state index contributed by atoms with van der Waals surface area (Å²) in [5.74, 6) is -1.24. The maximum Gasteiger partial charge on any atom is 0.306 e. The van der Waals surface area contributed by atoms with E-state index in [1.807, 2.05) is 6.08 Å². The van der Waals surface area contributed by atoms with E-state index >= 15 is 0 Å². The predicted octanol–water partition coefficient (Wildman–Crippen LogP) is 13.9. The SMILES string of the molecule is CC/C=C/C/C=C/C/C=C/CCCCCC(O)C(=O)NC(COC1OC(CO)C(O)C(O)C1OC(=O)CCCCCCC/C=C\C/C=C\C/C=C\C/C=C\CCCCC)C(O)/C=C/CCCCCCCCCCCC. The minimum absolute atomic E-state index is 0.0947. The highest BCUT2D eigenvalue weighted by atomic mass is 16.7. The lowest BCUT2D eigenvalue weighted by atomic mass is 9.99. The summed E-state index contributed by atoms with van der Waals surface area (Å²) in [6.07, 6.45) is 57.3. The molecule has 0 spiro atoms. The monoisotopic (exact) mass is 1050 g/mol. The average Bonchev–Trinajstić information content (AvgIpc) is 3.41. The Hall–Kier alpha value is -3.42. The Balaban J connectivity index is 2.71. The molecule has 0 saturated carbocycles. The van der Waals surface area contributed by atoms with Crippen molar-refractivity contribution < 1.29 is 49.3 Å². The highest BCUT2D eigenvalue weighted by Crippen LogP contribution is 2.26. The van der Waals surface area contributed by atoms with E-state index in [0.29, 0.717) is 12.8 Å². The number of hydrogen-bond donors (Lipinski definition) is 6. The second-order valence-corrected chi connectivity index (χ2v) is 20.3. The minimum atomic E-state index is -1.63. The number of carbonyl (C=O) groups excluding carboxylic acids is 2. The molecule has 0 aromatic rings. The van der Waals surface area contributed by atoms with E-state index < -0.39 is 67.4 Å². The van der Waals surface area contributed by atoms with Crippen LogP contribution in [0, 0.1) is 0 Å². The van der Waals surface area contributed by atoms with Gasteiger partial charge in [0.25, 0.3) is 0 Å². The molecular formula is C64H109NO10. The number of aliphatic hydroxyl groups excluding tert-OH is 5. The van der Waals surface area contributed by atoms with E-state index in [1.165, 1.54) is 70.6 Å². The van der Waals surface area contributed by atoms with Gasteiger partial charge < -0.3 is 45.1 Å². The fraction of sp³-hybridized carbons (Fsp3) is 0.719. The first-order valence-corrected chi connectivity index (χ1v) is 30.0. The van der Waals surface area contributed by atoms with Gasteiger partial charge in [-0.2, -0.15) is 0 Å². The normalized spacial score (nSPS) is 19.9. The summed E-state index contributed by atoms with van der Waals surface area (Å²) >= 11 is 0. The maximum absolute atomic E-state index is 13.4. The molecule has 0 aromatic carbocycles. The lowest BCUT2D eigenvalue weighted by Crippen LogP contribution is -2.61. The summed E-state index contributed by atoms with van der Waals surface area (Å²) in [6, 6.07) is -1.04. The van der Waals surface area contributed by atoms with Crippen LogP contribution in [0.1, 0.15) is 233 Å². The molecule has 1 fully saturated rings. The van der Waals surface area contributed by atoms with Crippen molar-refractivity contribution >= 4 is 11.9 Å². The Bertz CT molecular complexity index is 1580. The summed E-state index contributed by atoms with van der Waals surface area (Å²) in [5.41, 5.74) is 0. The molecule has 0 aromatic heterocycles. The van der Waals surface area contributed by atoms with Crippen LogP contribution in [0.2, 0.25) is 0 Å². The van der Waals surface area contributed by atoms with E-state index in [4.69, 9.17) is 14.2 Å². The molecular weight excluding hydrogens is 943 g/mol. The molecule has 8 atom stereocenters. The fourth-order valence-electron chi connectivity index (χ4n) is 8.71. The van der Waals surface area contributed by atoms with E-state index in [9.17, 15) is 35.1 Å². The van der Waals surface area contributed by atoms with Gasteiger partial charge in [0.05, 0.1) is 25.4 Å². The third-order valence-electron chi connectivity index (χ3n) is 13.5. The number of aliphatic hydroxyl groups is 5. The molecule has 0 radical (unpaired) electrons. The maximum atomic E-state index is 13.4. The zero-order valence-electron chi connectivity index (χ0n) is 47.4. The van der Waals surface area contributed by atoms with Crippen LogP contribution < -0.4 is 5.32 Å². The quantitative estimate of drug-likeness (QED) is 0.0195. The Morgan fingerprint density at radius 3 is 1.47 bits per heavy atom. The molecule has 430 valence electrons. The van der Waals surface area contributed by atoms with Crippen molar-refractivity contribution in [3.63, 3.8) is 0 Å². The molecule has 0 bridgehead atoms. The van der Waals surface area contributed by atoms with E-state index in [1.54, 1.807) is 6.08 Å². The molecule has 1 heterocycles. The van der Waals surface area contributed by atoms with Gasteiger partial charge in [0, 0.05) is 6.42 Å². The lowest BCUT2D eigenvalue weighted by Gasteiger charge is -2.41. The van der Waals surface area contributed by atoms with E-state index in [-0.39, 0.29) is 19.4 Å². The van der Waals surface area contributed by atoms with Crippen molar-refractivity contribution in [3.05, 3.63) is 97.2 Å². The predicted molar refractivity (Wildman–Crippen MR) is 310 cm³/mol. The number of ether oxygens (including phenoxy) is 3. The molecule has 8 unspecified atom stereocenters. The first-order valence-electron chi connectivity index (χ1n) is 30.0. The molecule has 75 heavy (non-hydrogen) atoms. The number of hydrogen-bond acceptors (Lipinski definition) is 10.